The second kappa shape index (κ2) is 2.89. The fourth-order valence-corrected chi connectivity index (χ4v) is 0.348. The van der Waals surface area contributed by atoms with Crippen molar-refractivity contribution in [1.29, 1.82) is 5.26 Å². The summed E-state index contributed by atoms with van der Waals surface area (Å²) >= 11 is 0. The van der Waals surface area contributed by atoms with E-state index in [1.807, 2.05) is 12.0 Å². The maximum Gasteiger partial charge on any atom is 0.296 e. The molecule has 3 nitrogen and oxygen atoms in total. The van der Waals surface area contributed by atoms with Gasteiger partial charge in [0.2, 0.25) is 0 Å². The zero-order chi connectivity index (χ0) is 8.20. The summed E-state index contributed by atoms with van der Waals surface area (Å²) in [6, 6.07) is 1.88. The zero-order valence-corrected chi connectivity index (χ0v) is 5.93. The first-order chi connectivity index (χ1) is 4.52. The van der Waals surface area contributed by atoms with Crippen LogP contribution in [0.25, 0.3) is 0 Å². The highest BCUT2D eigenvalue weighted by atomic mass is 16.1. The highest BCUT2D eigenvalue weighted by molar-refractivity contribution is 5.93. The van der Waals surface area contributed by atoms with Gasteiger partial charge in [-0.05, 0) is 19.8 Å². The number of hydrogen-bond acceptors (Lipinski definition) is 2. The van der Waals surface area contributed by atoms with Crippen molar-refractivity contribution in [3.05, 3.63) is 0 Å². The number of carbonyl (C=O) groups is 1. The van der Waals surface area contributed by atoms with Crippen molar-refractivity contribution in [1.82, 2.24) is 5.32 Å². The van der Waals surface area contributed by atoms with Crippen LogP contribution in [0.4, 0.5) is 0 Å². The van der Waals surface area contributed by atoms with E-state index in [0.29, 0.717) is 0 Å². The largest absolute Gasteiger partial charge is 0.327 e. The molecule has 0 saturated heterocycles. The second-order valence-corrected chi connectivity index (χ2v) is 2.34. The molecule has 0 unspecified atom stereocenters. The number of nitrogens with one attached hydrogen (secondary N) is 1. The lowest BCUT2D eigenvalue weighted by molar-refractivity contribution is -0.116. The van der Waals surface area contributed by atoms with Gasteiger partial charge in [0.15, 0.2) is 0 Å². The third-order valence-corrected chi connectivity index (χ3v) is 0.837. The Bertz CT molecular complexity index is 217. The van der Waals surface area contributed by atoms with Crippen LogP contribution in [0.3, 0.4) is 0 Å². The van der Waals surface area contributed by atoms with Crippen LogP contribution >= 0.6 is 0 Å². The fourth-order valence-electron chi connectivity index (χ4n) is 0.348. The van der Waals surface area contributed by atoms with E-state index in [-0.39, 0.29) is 0 Å². The predicted octanol–water partition coefficient (Wildman–Crippen LogP) is 0.0380. The van der Waals surface area contributed by atoms with Crippen LogP contribution in [0.5, 0.6) is 0 Å². The van der Waals surface area contributed by atoms with Gasteiger partial charge in [-0.25, -0.2) is 0 Å². The number of nitriles is 1. The lowest BCUT2D eigenvalue weighted by atomic mass is 10.1. The van der Waals surface area contributed by atoms with E-state index in [1.165, 1.54) is 0 Å². The van der Waals surface area contributed by atoms with Gasteiger partial charge in [0.25, 0.3) is 5.91 Å². The summed E-state index contributed by atoms with van der Waals surface area (Å²) in [5.41, 5.74) is -0.872. The summed E-state index contributed by atoms with van der Waals surface area (Å²) < 4.78 is 0. The summed E-state index contributed by atoms with van der Waals surface area (Å²) in [6.07, 6.45) is 4.76. The molecule has 0 aromatic heterocycles. The molecule has 0 bridgehead atoms. The molecule has 0 spiro atoms. The molecule has 0 aromatic carbocycles. The van der Waals surface area contributed by atoms with Crippen LogP contribution in [0.2, 0.25) is 0 Å². The van der Waals surface area contributed by atoms with Crippen LogP contribution in [0.15, 0.2) is 0 Å². The van der Waals surface area contributed by atoms with E-state index >= 15 is 0 Å². The lowest BCUT2D eigenvalue weighted by Crippen LogP contribution is -2.41. The standard InChI is InChI=1S/C7H8N2O/c1-4-6(10)9-7(2,3)5-8/h1H,2-3H3,(H,9,10). The highest BCUT2D eigenvalue weighted by Crippen LogP contribution is 1.96. The Morgan fingerprint density at radius 1 is 1.70 bits per heavy atom. The Morgan fingerprint density at radius 2 is 2.20 bits per heavy atom. The average molecular weight is 136 g/mol. The van der Waals surface area contributed by atoms with E-state index in [1.54, 1.807) is 13.8 Å². The number of hydrogen-bond donors (Lipinski definition) is 1. The van der Waals surface area contributed by atoms with Crippen molar-refractivity contribution >= 4 is 5.91 Å². The minimum absolute atomic E-state index is 0.563. The van der Waals surface area contributed by atoms with Crippen molar-refractivity contribution < 1.29 is 4.79 Å². The quantitative estimate of drug-likeness (QED) is 0.517. The summed E-state index contributed by atoms with van der Waals surface area (Å²) in [4.78, 5) is 10.5. The van der Waals surface area contributed by atoms with Gasteiger partial charge in [-0.3, -0.25) is 4.79 Å². The van der Waals surface area contributed by atoms with E-state index in [4.69, 9.17) is 11.7 Å². The van der Waals surface area contributed by atoms with Crippen LogP contribution in [-0.2, 0) is 4.79 Å². The minimum Gasteiger partial charge on any atom is -0.327 e. The van der Waals surface area contributed by atoms with Gasteiger partial charge < -0.3 is 5.32 Å². The van der Waals surface area contributed by atoms with E-state index < -0.39 is 11.4 Å². The maximum absolute atomic E-state index is 10.5. The van der Waals surface area contributed by atoms with Crippen molar-refractivity contribution in [2.24, 2.45) is 0 Å². The number of nitrogens with zero attached hydrogens (tertiary/aromatic N) is 1. The van der Waals surface area contributed by atoms with Crippen LogP contribution < -0.4 is 5.32 Å². The molecule has 3 heteroatoms. The molecule has 0 heterocycles. The molecular formula is C7H8N2O. The molecule has 0 saturated carbocycles. The molecule has 1 amide bonds. The molecule has 0 radical (unpaired) electrons. The van der Waals surface area contributed by atoms with Crippen molar-refractivity contribution in [2.45, 2.75) is 19.4 Å². The lowest BCUT2D eigenvalue weighted by Gasteiger charge is -2.14. The molecular weight excluding hydrogens is 128 g/mol. The molecule has 52 valence electrons. The van der Waals surface area contributed by atoms with E-state index in [9.17, 15) is 4.79 Å². The number of rotatable bonds is 1. The van der Waals surface area contributed by atoms with E-state index in [2.05, 4.69) is 5.32 Å². The predicted molar refractivity (Wildman–Crippen MR) is 36.7 cm³/mol. The molecule has 0 aliphatic carbocycles. The summed E-state index contributed by atoms with van der Waals surface area (Å²) in [6.45, 7) is 3.14. The number of amides is 1. The van der Waals surface area contributed by atoms with Gasteiger partial charge in [-0.15, -0.1) is 6.42 Å². The van der Waals surface area contributed by atoms with Crippen LogP contribution in [0, 0.1) is 23.7 Å². The van der Waals surface area contributed by atoms with Crippen molar-refractivity contribution in [2.75, 3.05) is 0 Å². The monoisotopic (exact) mass is 136 g/mol. The second-order valence-electron chi connectivity index (χ2n) is 2.34. The van der Waals surface area contributed by atoms with Crippen molar-refractivity contribution in [3.63, 3.8) is 0 Å². The first-order valence-electron chi connectivity index (χ1n) is 2.72. The molecule has 0 aliphatic rings. The van der Waals surface area contributed by atoms with Crippen LogP contribution in [-0.4, -0.2) is 11.4 Å². The third-order valence-electron chi connectivity index (χ3n) is 0.837. The molecule has 1 N–H and O–H groups in total. The van der Waals surface area contributed by atoms with Gasteiger partial charge >= 0.3 is 0 Å². The van der Waals surface area contributed by atoms with Crippen LogP contribution in [0.1, 0.15) is 13.8 Å². The topological polar surface area (TPSA) is 52.9 Å². The molecule has 0 atom stereocenters. The van der Waals surface area contributed by atoms with Gasteiger partial charge in [-0.2, -0.15) is 5.26 Å². The Balaban J connectivity index is 4.08. The van der Waals surface area contributed by atoms with Gasteiger partial charge in [0.05, 0.1) is 6.07 Å². The Labute approximate surface area is 60.0 Å². The molecule has 0 fully saturated rings. The number of terminal acetylenes is 1. The Hall–Kier alpha value is -1.48. The smallest absolute Gasteiger partial charge is 0.296 e. The Kier molecular flexibility index (Phi) is 2.46. The summed E-state index contributed by atoms with van der Waals surface area (Å²) in [7, 11) is 0. The number of carbonyl (C=O) groups excluding carboxylic acids is 1. The SMILES string of the molecule is C#CC(=O)NC(C)(C)C#N. The van der Waals surface area contributed by atoms with Crippen molar-refractivity contribution in [3.8, 4) is 18.4 Å². The van der Waals surface area contributed by atoms with Gasteiger partial charge in [0, 0.05) is 0 Å². The fraction of sp³-hybridized carbons (Fsp3) is 0.429. The maximum atomic E-state index is 10.5. The zero-order valence-electron chi connectivity index (χ0n) is 5.93. The Morgan fingerprint density at radius 3 is 2.50 bits per heavy atom. The molecule has 0 aromatic rings. The first-order valence-corrected chi connectivity index (χ1v) is 2.72. The highest BCUT2D eigenvalue weighted by Gasteiger charge is 2.17. The molecule has 0 rings (SSSR count). The molecule has 0 aliphatic heterocycles. The molecule has 10 heavy (non-hydrogen) atoms. The van der Waals surface area contributed by atoms with Gasteiger partial charge in [-0.1, -0.05) is 0 Å². The summed E-state index contributed by atoms with van der Waals surface area (Å²) in [5, 5.41) is 10.7. The van der Waals surface area contributed by atoms with E-state index in [0.717, 1.165) is 0 Å². The third kappa shape index (κ3) is 2.74. The summed E-state index contributed by atoms with van der Waals surface area (Å²) in [5.74, 6) is 1.29. The van der Waals surface area contributed by atoms with Gasteiger partial charge in [0.1, 0.15) is 5.54 Å². The minimum atomic E-state index is -0.872. The average Bonchev–Trinajstić information content (AvgIpc) is 1.87. The normalized spacial score (nSPS) is 9.20. The first kappa shape index (κ1) is 8.52.